The van der Waals surface area contributed by atoms with Gasteiger partial charge in [-0.25, -0.2) is 4.79 Å². The van der Waals surface area contributed by atoms with Crippen LogP contribution in [0.2, 0.25) is 0 Å². The lowest BCUT2D eigenvalue weighted by Gasteiger charge is -2.10. The Morgan fingerprint density at radius 2 is 2.30 bits per heavy atom. The number of thiophene rings is 1. The van der Waals surface area contributed by atoms with Crippen molar-refractivity contribution in [1.29, 1.82) is 0 Å². The molecule has 1 aromatic rings. The SMILES string of the molecule is CCOC(=O)c1cc(CC)sc1NC(=O)C1CSCN1. The van der Waals surface area contributed by atoms with Gasteiger partial charge < -0.3 is 10.1 Å². The van der Waals surface area contributed by atoms with Crippen LogP contribution in [-0.2, 0) is 16.0 Å². The molecule has 20 heavy (non-hydrogen) atoms. The normalized spacial score (nSPS) is 18.0. The second kappa shape index (κ2) is 7.10. The van der Waals surface area contributed by atoms with Crippen LogP contribution in [0.15, 0.2) is 6.07 Å². The Hall–Kier alpha value is -1.05. The van der Waals surface area contributed by atoms with Gasteiger partial charge in [-0.05, 0) is 19.4 Å². The fraction of sp³-hybridized carbons (Fsp3) is 0.538. The molecule has 0 aromatic carbocycles. The lowest BCUT2D eigenvalue weighted by Crippen LogP contribution is -2.37. The summed E-state index contributed by atoms with van der Waals surface area (Å²) in [6.45, 7) is 4.11. The van der Waals surface area contributed by atoms with E-state index in [1.54, 1.807) is 24.8 Å². The molecule has 2 heterocycles. The zero-order chi connectivity index (χ0) is 14.5. The summed E-state index contributed by atoms with van der Waals surface area (Å²) in [5.41, 5.74) is 0.452. The van der Waals surface area contributed by atoms with Gasteiger partial charge in [-0.3, -0.25) is 10.1 Å². The fourth-order valence-electron chi connectivity index (χ4n) is 1.83. The van der Waals surface area contributed by atoms with Crippen molar-refractivity contribution in [3.8, 4) is 0 Å². The lowest BCUT2D eigenvalue weighted by atomic mass is 10.2. The molecule has 1 fully saturated rings. The largest absolute Gasteiger partial charge is 0.462 e. The van der Waals surface area contributed by atoms with E-state index < -0.39 is 0 Å². The number of rotatable bonds is 5. The maximum Gasteiger partial charge on any atom is 0.341 e. The molecule has 1 aromatic heterocycles. The molecule has 0 aliphatic carbocycles. The van der Waals surface area contributed by atoms with Crippen molar-refractivity contribution < 1.29 is 14.3 Å². The van der Waals surface area contributed by atoms with E-state index in [0.29, 0.717) is 17.2 Å². The average molecular weight is 314 g/mol. The van der Waals surface area contributed by atoms with Crippen molar-refractivity contribution in [2.75, 3.05) is 23.6 Å². The van der Waals surface area contributed by atoms with Crippen LogP contribution in [0.1, 0.15) is 29.1 Å². The van der Waals surface area contributed by atoms with Crippen LogP contribution in [0.25, 0.3) is 0 Å². The van der Waals surface area contributed by atoms with Crippen molar-refractivity contribution in [2.45, 2.75) is 26.3 Å². The van der Waals surface area contributed by atoms with Crippen LogP contribution in [0.5, 0.6) is 0 Å². The summed E-state index contributed by atoms with van der Waals surface area (Å²) >= 11 is 3.12. The minimum atomic E-state index is -0.382. The highest BCUT2D eigenvalue weighted by Crippen LogP contribution is 2.29. The van der Waals surface area contributed by atoms with Crippen LogP contribution in [0.3, 0.4) is 0 Å². The Morgan fingerprint density at radius 1 is 1.50 bits per heavy atom. The number of hydrogen-bond acceptors (Lipinski definition) is 6. The Labute approximate surface area is 126 Å². The summed E-state index contributed by atoms with van der Waals surface area (Å²) in [7, 11) is 0. The first kappa shape index (κ1) is 15.3. The Balaban J connectivity index is 2.14. The molecule has 0 spiro atoms. The molecule has 0 saturated carbocycles. The smallest absolute Gasteiger partial charge is 0.341 e. The van der Waals surface area contributed by atoms with Crippen molar-refractivity contribution in [3.63, 3.8) is 0 Å². The summed E-state index contributed by atoms with van der Waals surface area (Å²) in [4.78, 5) is 25.1. The molecule has 7 heteroatoms. The van der Waals surface area contributed by atoms with E-state index in [1.807, 2.05) is 6.92 Å². The summed E-state index contributed by atoms with van der Waals surface area (Å²) < 4.78 is 5.03. The molecule has 1 aliphatic rings. The van der Waals surface area contributed by atoms with Crippen LogP contribution in [-0.4, -0.2) is 36.2 Å². The van der Waals surface area contributed by atoms with Gasteiger partial charge in [0.15, 0.2) is 0 Å². The van der Waals surface area contributed by atoms with E-state index in [-0.39, 0.29) is 17.9 Å². The van der Waals surface area contributed by atoms with Crippen molar-refractivity contribution in [3.05, 3.63) is 16.5 Å². The van der Waals surface area contributed by atoms with Crippen LogP contribution in [0, 0.1) is 0 Å². The van der Waals surface area contributed by atoms with E-state index in [2.05, 4.69) is 10.6 Å². The van der Waals surface area contributed by atoms with Gasteiger partial charge in [-0.1, -0.05) is 6.92 Å². The number of ether oxygens (including phenoxy) is 1. The molecular weight excluding hydrogens is 296 g/mol. The van der Waals surface area contributed by atoms with Crippen LogP contribution < -0.4 is 10.6 Å². The quantitative estimate of drug-likeness (QED) is 0.815. The molecule has 0 bridgehead atoms. The number of anilines is 1. The zero-order valence-electron chi connectivity index (χ0n) is 11.5. The van der Waals surface area contributed by atoms with Gasteiger partial charge in [0.25, 0.3) is 0 Å². The number of thioether (sulfide) groups is 1. The third kappa shape index (κ3) is 3.53. The van der Waals surface area contributed by atoms with Crippen molar-refractivity contribution in [1.82, 2.24) is 5.32 Å². The molecular formula is C13H18N2O3S2. The maximum absolute atomic E-state index is 12.1. The minimum Gasteiger partial charge on any atom is -0.462 e. The number of nitrogens with one attached hydrogen (secondary N) is 2. The first-order valence-corrected chi connectivity index (χ1v) is 8.54. The van der Waals surface area contributed by atoms with E-state index in [0.717, 1.165) is 22.9 Å². The second-order valence-electron chi connectivity index (χ2n) is 4.29. The number of carbonyl (C=O) groups excluding carboxylic acids is 2. The highest BCUT2D eigenvalue weighted by molar-refractivity contribution is 7.99. The molecule has 110 valence electrons. The van der Waals surface area contributed by atoms with Gasteiger partial charge in [-0.2, -0.15) is 0 Å². The molecule has 1 aliphatic heterocycles. The summed E-state index contributed by atoms with van der Waals surface area (Å²) in [5.74, 6) is 1.07. The molecule has 2 rings (SSSR count). The van der Waals surface area contributed by atoms with Gasteiger partial charge in [0.05, 0.1) is 18.2 Å². The molecule has 2 N–H and O–H groups in total. The van der Waals surface area contributed by atoms with Crippen molar-refractivity contribution in [2.24, 2.45) is 0 Å². The van der Waals surface area contributed by atoms with Gasteiger partial charge in [0, 0.05) is 16.5 Å². The summed E-state index contributed by atoms with van der Waals surface area (Å²) in [6, 6.07) is 1.61. The highest BCUT2D eigenvalue weighted by Gasteiger charge is 2.25. The lowest BCUT2D eigenvalue weighted by molar-refractivity contribution is -0.117. The molecule has 1 atom stereocenters. The van der Waals surface area contributed by atoms with Gasteiger partial charge in [0.2, 0.25) is 5.91 Å². The molecule has 1 amide bonds. The number of aryl methyl sites for hydroxylation is 1. The number of amides is 1. The Kier molecular flexibility index (Phi) is 5.45. The predicted molar refractivity (Wildman–Crippen MR) is 82.5 cm³/mol. The maximum atomic E-state index is 12.1. The Morgan fingerprint density at radius 3 is 2.90 bits per heavy atom. The van der Waals surface area contributed by atoms with Crippen molar-refractivity contribution >= 4 is 40.0 Å². The van der Waals surface area contributed by atoms with E-state index in [9.17, 15) is 9.59 Å². The topological polar surface area (TPSA) is 67.4 Å². The monoisotopic (exact) mass is 314 g/mol. The molecule has 5 nitrogen and oxygen atoms in total. The molecule has 0 radical (unpaired) electrons. The van der Waals surface area contributed by atoms with Crippen LogP contribution in [0.4, 0.5) is 5.00 Å². The van der Waals surface area contributed by atoms with E-state index in [4.69, 9.17) is 4.74 Å². The van der Waals surface area contributed by atoms with Crippen LogP contribution >= 0.6 is 23.1 Å². The minimum absolute atomic E-state index is 0.0925. The van der Waals surface area contributed by atoms with Gasteiger partial charge in [0.1, 0.15) is 5.00 Å². The summed E-state index contributed by atoms with van der Waals surface area (Å²) in [6.07, 6.45) is 0.824. The third-order valence-electron chi connectivity index (χ3n) is 2.90. The Bertz CT molecular complexity index is 496. The first-order chi connectivity index (χ1) is 9.65. The second-order valence-corrected chi connectivity index (χ2v) is 6.46. The standard InChI is InChI=1S/C13H18N2O3S2/c1-3-8-5-9(13(17)18-4-2)12(20-8)15-11(16)10-6-19-7-14-10/h5,10,14H,3-4,6-7H2,1-2H3,(H,15,16). The van der Waals surface area contributed by atoms with Gasteiger partial charge >= 0.3 is 5.97 Å². The first-order valence-electron chi connectivity index (χ1n) is 6.57. The fourth-order valence-corrected chi connectivity index (χ4v) is 3.76. The molecule has 1 saturated heterocycles. The van der Waals surface area contributed by atoms with Gasteiger partial charge in [-0.15, -0.1) is 23.1 Å². The number of esters is 1. The zero-order valence-corrected chi connectivity index (χ0v) is 13.2. The summed E-state index contributed by atoms with van der Waals surface area (Å²) in [5, 5.41) is 6.55. The third-order valence-corrected chi connectivity index (χ3v) is 5.03. The number of carbonyl (C=O) groups is 2. The average Bonchev–Trinajstić information content (AvgIpc) is 3.08. The van der Waals surface area contributed by atoms with E-state index in [1.165, 1.54) is 11.3 Å². The predicted octanol–water partition coefficient (Wildman–Crippen LogP) is 2.09. The highest BCUT2D eigenvalue weighted by atomic mass is 32.2. The molecule has 1 unspecified atom stereocenters. The van der Waals surface area contributed by atoms with E-state index >= 15 is 0 Å². The number of hydrogen-bond donors (Lipinski definition) is 2.